The first-order chi connectivity index (χ1) is 24.0. The van der Waals surface area contributed by atoms with Crippen LogP contribution in [0.25, 0.3) is 16.9 Å². The van der Waals surface area contributed by atoms with Gasteiger partial charge < -0.3 is 20.1 Å². The second-order valence-corrected chi connectivity index (χ2v) is 10.5. The quantitative estimate of drug-likeness (QED) is 0.212. The Kier molecular flexibility index (Phi) is 14.9. The van der Waals surface area contributed by atoms with Gasteiger partial charge in [-0.1, -0.05) is 12.1 Å². The second kappa shape index (κ2) is 18.2. The standard InChI is InChI=1S/C25H27N5O.3C2HF3O2/c1-28-13-14-29(16-19-5-4-12-26-15-19)18-24(28)22-17-30-23(6-3-7-25(30)27-22)20-8-10-21(31-2)11-9-20;3*3-2(4,5)1(6)7/h3-12,15,17,24H,13-14,16,18H2,1-2H3;3*(H,6,7). The van der Waals surface area contributed by atoms with Crippen LogP contribution in [-0.2, 0) is 20.9 Å². The van der Waals surface area contributed by atoms with E-state index in [4.69, 9.17) is 39.4 Å². The van der Waals surface area contributed by atoms with E-state index in [0.29, 0.717) is 0 Å². The highest BCUT2D eigenvalue weighted by molar-refractivity contribution is 5.73. The maximum atomic E-state index is 10.6. The molecule has 1 unspecified atom stereocenters. The van der Waals surface area contributed by atoms with Crippen LogP contribution < -0.4 is 4.74 Å². The van der Waals surface area contributed by atoms with E-state index in [1.165, 1.54) is 5.56 Å². The van der Waals surface area contributed by atoms with Crippen molar-refractivity contribution in [3.05, 3.63) is 84.4 Å². The fourth-order valence-electron chi connectivity index (χ4n) is 4.33. The van der Waals surface area contributed by atoms with Crippen LogP contribution in [0.2, 0.25) is 0 Å². The second-order valence-electron chi connectivity index (χ2n) is 10.5. The smallest absolute Gasteiger partial charge is 0.490 e. The third kappa shape index (κ3) is 13.4. The van der Waals surface area contributed by atoms with Gasteiger partial charge in [0.25, 0.3) is 0 Å². The summed E-state index contributed by atoms with van der Waals surface area (Å²) in [4.78, 5) is 40.9. The Morgan fingerprint density at radius 1 is 0.808 bits per heavy atom. The molecule has 1 aliphatic heterocycles. The van der Waals surface area contributed by atoms with Crippen LogP contribution >= 0.6 is 0 Å². The molecule has 3 N–H and O–H groups in total. The number of fused-ring (bicyclic) bond motifs is 1. The molecule has 1 saturated heterocycles. The minimum Gasteiger partial charge on any atom is -0.497 e. The number of likely N-dealkylation sites (N-methyl/N-ethyl adjacent to an activating group) is 1. The van der Waals surface area contributed by atoms with Crippen molar-refractivity contribution in [2.24, 2.45) is 0 Å². The Morgan fingerprint density at radius 2 is 1.35 bits per heavy atom. The van der Waals surface area contributed by atoms with Crippen LogP contribution in [0.1, 0.15) is 17.3 Å². The minimum absolute atomic E-state index is 0.258. The molecule has 4 aromatic rings. The molecule has 1 aliphatic rings. The Labute approximate surface area is 288 Å². The summed E-state index contributed by atoms with van der Waals surface area (Å²) in [6.45, 7) is 3.94. The number of rotatable bonds is 5. The van der Waals surface area contributed by atoms with Gasteiger partial charge in [-0.3, -0.25) is 19.2 Å². The molecule has 1 fully saturated rings. The number of hydrogen-bond donors (Lipinski definition) is 3. The molecule has 4 heterocycles. The van der Waals surface area contributed by atoms with Gasteiger partial charge in [-0.15, -0.1) is 0 Å². The van der Waals surface area contributed by atoms with E-state index < -0.39 is 36.4 Å². The highest BCUT2D eigenvalue weighted by Gasteiger charge is 2.39. The molecular formula is C31H30F9N5O7. The number of methoxy groups -OCH3 is 1. The van der Waals surface area contributed by atoms with Crippen molar-refractivity contribution in [2.75, 3.05) is 33.8 Å². The number of hydrogen-bond acceptors (Lipinski definition) is 8. The van der Waals surface area contributed by atoms with Crippen LogP contribution in [0.15, 0.2) is 73.2 Å². The van der Waals surface area contributed by atoms with Crippen LogP contribution in [0.3, 0.4) is 0 Å². The first-order valence-corrected chi connectivity index (χ1v) is 14.4. The van der Waals surface area contributed by atoms with Crippen molar-refractivity contribution >= 4 is 23.6 Å². The molecule has 0 aliphatic carbocycles. The first-order valence-electron chi connectivity index (χ1n) is 14.4. The number of piperazine rings is 1. The van der Waals surface area contributed by atoms with Crippen molar-refractivity contribution in [3.63, 3.8) is 0 Å². The summed E-state index contributed by atoms with van der Waals surface area (Å²) >= 11 is 0. The van der Waals surface area contributed by atoms with E-state index in [1.807, 2.05) is 30.6 Å². The summed E-state index contributed by atoms with van der Waals surface area (Å²) < 4.78 is 103. The molecule has 21 heteroatoms. The maximum Gasteiger partial charge on any atom is 0.490 e. The van der Waals surface area contributed by atoms with E-state index in [0.717, 1.165) is 54.5 Å². The van der Waals surface area contributed by atoms with Crippen LogP contribution in [0, 0.1) is 0 Å². The number of carboxylic acid groups (broad SMARTS) is 3. The summed E-state index contributed by atoms with van der Waals surface area (Å²) in [6, 6.07) is 18.9. The van der Waals surface area contributed by atoms with E-state index >= 15 is 0 Å². The number of carboxylic acids is 3. The number of carbonyl (C=O) groups is 3. The average Bonchev–Trinajstić information content (AvgIpc) is 3.50. The van der Waals surface area contributed by atoms with Gasteiger partial charge >= 0.3 is 36.4 Å². The molecule has 1 atom stereocenters. The van der Waals surface area contributed by atoms with Gasteiger partial charge in [-0.05, 0) is 60.6 Å². The monoisotopic (exact) mass is 755 g/mol. The number of ether oxygens (including phenoxy) is 1. The predicted octanol–water partition coefficient (Wildman–Crippen LogP) is 5.79. The molecule has 1 aromatic carbocycles. The van der Waals surface area contributed by atoms with Crippen LogP contribution in [-0.4, -0.2) is 110 Å². The lowest BCUT2D eigenvalue weighted by molar-refractivity contribution is -0.193. The SMILES string of the molecule is COc1ccc(-c2cccc3nc(C4CN(Cc5cccnc5)CCN4C)cn23)cc1.O=C(O)C(F)(F)F.O=C(O)C(F)(F)F.O=C(O)C(F)(F)F. The number of nitrogens with zero attached hydrogens (tertiary/aromatic N) is 5. The summed E-state index contributed by atoms with van der Waals surface area (Å²) in [5.74, 6) is -7.41. The molecule has 284 valence electrons. The highest BCUT2D eigenvalue weighted by Crippen LogP contribution is 2.28. The number of alkyl halides is 9. The van der Waals surface area contributed by atoms with Crippen molar-refractivity contribution < 1.29 is 74.0 Å². The third-order valence-corrected chi connectivity index (χ3v) is 6.83. The zero-order valence-electron chi connectivity index (χ0n) is 26.9. The Morgan fingerprint density at radius 3 is 1.81 bits per heavy atom. The predicted molar refractivity (Wildman–Crippen MR) is 163 cm³/mol. The molecular weight excluding hydrogens is 725 g/mol. The van der Waals surface area contributed by atoms with Crippen molar-refractivity contribution in [3.8, 4) is 17.0 Å². The number of halogens is 9. The lowest BCUT2D eigenvalue weighted by atomic mass is 10.1. The lowest BCUT2D eigenvalue weighted by Gasteiger charge is -2.38. The van der Waals surface area contributed by atoms with Gasteiger partial charge in [0.05, 0.1) is 24.5 Å². The van der Waals surface area contributed by atoms with Gasteiger partial charge in [-0.25, -0.2) is 19.4 Å². The molecule has 52 heavy (non-hydrogen) atoms. The number of aromatic nitrogens is 3. The highest BCUT2D eigenvalue weighted by atomic mass is 19.4. The third-order valence-electron chi connectivity index (χ3n) is 6.83. The fourth-order valence-corrected chi connectivity index (χ4v) is 4.33. The Bertz CT molecular complexity index is 1710. The van der Waals surface area contributed by atoms with E-state index in [9.17, 15) is 39.5 Å². The summed E-state index contributed by atoms with van der Waals surface area (Å²) in [5.41, 5.74) is 5.61. The summed E-state index contributed by atoms with van der Waals surface area (Å²) in [7, 11) is 3.89. The number of benzene rings is 1. The number of imidazole rings is 1. The molecule has 0 spiro atoms. The summed E-state index contributed by atoms with van der Waals surface area (Å²) in [5, 5.41) is 21.4. The molecule has 0 saturated carbocycles. The van der Waals surface area contributed by atoms with Crippen molar-refractivity contribution in [2.45, 2.75) is 31.1 Å². The van der Waals surface area contributed by atoms with Gasteiger partial charge in [0.2, 0.25) is 0 Å². The summed E-state index contributed by atoms with van der Waals surface area (Å²) in [6.07, 6.45) is -9.27. The zero-order valence-corrected chi connectivity index (χ0v) is 26.9. The molecule has 0 radical (unpaired) electrons. The van der Waals surface area contributed by atoms with E-state index in [2.05, 4.69) is 68.8 Å². The lowest BCUT2D eigenvalue weighted by Crippen LogP contribution is -2.46. The molecule has 0 bridgehead atoms. The largest absolute Gasteiger partial charge is 0.497 e. The van der Waals surface area contributed by atoms with Crippen molar-refractivity contribution in [1.82, 2.24) is 24.2 Å². The number of pyridine rings is 2. The molecule has 12 nitrogen and oxygen atoms in total. The van der Waals surface area contributed by atoms with Gasteiger partial charge in [0.15, 0.2) is 0 Å². The molecule has 3 aromatic heterocycles. The van der Waals surface area contributed by atoms with E-state index in [-0.39, 0.29) is 6.04 Å². The van der Waals surface area contributed by atoms with Crippen LogP contribution in [0.5, 0.6) is 5.75 Å². The van der Waals surface area contributed by atoms with E-state index in [1.54, 1.807) is 7.11 Å². The van der Waals surface area contributed by atoms with Gasteiger partial charge in [0, 0.05) is 44.8 Å². The number of aliphatic carboxylic acids is 3. The van der Waals surface area contributed by atoms with Crippen LogP contribution in [0.4, 0.5) is 39.5 Å². The van der Waals surface area contributed by atoms with Crippen molar-refractivity contribution in [1.29, 1.82) is 0 Å². The first kappa shape index (κ1) is 42.7. The van der Waals surface area contributed by atoms with Gasteiger partial charge in [-0.2, -0.15) is 39.5 Å². The average molecular weight is 756 g/mol. The normalized spacial score (nSPS) is 15.2. The molecule has 0 amide bonds. The molecule has 5 rings (SSSR count). The minimum atomic E-state index is -5.08. The maximum absolute atomic E-state index is 10.6. The zero-order chi connectivity index (χ0) is 39.4. The topological polar surface area (TPSA) is 158 Å². The Hall–Kier alpha value is -5.44. The Balaban J connectivity index is 0.000000365. The van der Waals surface area contributed by atoms with Gasteiger partial charge in [0.1, 0.15) is 11.4 Å². The fraction of sp³-hybridized carbons (Fsp3) is 0.323.